The van der Waals surface area contributed by atoms with Gasteiger partial charge >= 0.3 is 0 Å². The summed E-state index contributed by atoms with van der Waals surface area (Å²) in [4.78, 5) is 0. The van der Waals surface area contributed by atoms with E-state index in [2.05, 4.69) is 24.4 Å². The van der Waals surface area contributed by atoms with Crippen molar-refractivity contribution >= 4 is 11.0 Å². The molecule has 1 aromatic heterocycles. The molecule has 1 atom stereocenters. The van der Waals surface area contributed by atoms with Crippen LogP contribution in [0.1, 0.15) is 25.3 Å². The second-order valence-corrected chi connectivity index (χ2v) is 4.88. The zero-order chi connectivity index (χ0) is 12.8. The Hall–Kier alpha value is -1.32. The average Bonchev–Trinajstić information content (AvgIpc) is 2.77. The van der Waals surface area contributed by atoms with Crippen LogP contribution < -0.4 is 11.1 Å². The molecule has 0 saturated carbocycles. The minimum absolute atomic E-state index is 0.310. The molecule has 3 heteroatoms. The predicted octanol–water partition coefficient (Wildman–Crippen LogP) is 2.69. The molecular weight excluding hydrogens is 224 g/mol. The van der Waals surface area contributed by atoms with Crippen LogP contribution in [0.4, 0.5) is 0 Å². The number of hydrogen-bond donors (Lipinski definition) is 2. The number of furan rings is 1. The molecule has 1 heterocycles. The van der Waals surface area contributed by atoms with Crippen molar-refractivity contribution in [2.45, 2.75) is 32.2 Å². The maximum atomic E-state index is 5.71. The van der Waals surface area contributed by atoms with Crippen molar-refractivity contribution in [2.75, 3.05) is 13.1 Å². The minimum atomic E-state index is 0.310. The van der Waals surface area contributed by atoms with Crippen LogP contribution in [-0.4, -0.2) is 19.1 Å². The molecule has 0 aliphatic rings. The monoisotopic (exact) mass is 246 g/mol. The summed E-state index contributed by atoms with van der Waals surface area (Å²) in [5.41, 5.74) is 7.97. The molecule has 0 aliphatic carbocycles. The molecule has 0 amide bonds. The second kappa shape index (κ2) is 6.57. The lowest BCUT2D eigenvalue weighted by molar-refractivity contribution is 0.572. The molecule has 0 bridgehead atoms. The van der Waals surface area contributed by atoms with Gasteiger partial charge in [0.15, 0.2) is 0 Å². The van der Waals surface area contributed by atoms with Crippen LogP contribution in [0, 0.1) is 0 Å². The van der Waals surface area contributed by atoms with E-state index in [1.165, 1.54) is 10.9 Å². The summed E-state index contributed by atoms with van der Waals surface area (Å²) >= 11 is 0. The van der Waals surface area contributed by atoms with Crippen LogP contribution in [0.2, 0.25) is 0 Å². The first-order valence-electron chi connectivity index (χ1n) is 6.69. The smallest absolute Gasteiger partial charge is 0.134 e. The molecular formula is C15H22N2O. The molecule has 0 radical (unpaired) electrons. The molecule has 0 saturated heterocycles. The molecule has 18 heavy (non-hydrogen) atoms. The summed E-state index contributed by atoms with van der Waals surface area (Å²) in [6, 6.07) is 8.49. The van der Waals surface area contributed by atoms with Gasteiger partial charge in [-0.25, -0.2) is 0 Å². The van der Waals surface area contributed by atoms with Gasteiger partial charge in [-0.3, -0.25) is 0 Å². The van der Waals surface area contributed by atoms with Crippen LogP contribution in [0.3, 0.4) is 0 Å². The molecule has 3 nitrogen and oxygen atoms in total. The first-order chi connectivity index (χ1) is 8.77. The highest BCUT2D eigenvalue weighted by molar-refractivity contribution is 5.80. The number of benzene rings is 1. The van der Waals surface area contributed by atoms with Crippen molar-refractivity contribution in [3.05, 3.63) is 36.1 Å². The van der Waals surface area contributed by atoms with Gasteiger partial charge in [-0.2, -0.15) is 0 Å². The fourth-order valence-electron chi connectivity index (χ4n) is 2.12. The molecule has 2 rings (SSSR count). The number of rotatable bonds is 7. The highest BCUT2D eigenvalue weighted by Gasteiger charge is 2.03. The van der Waals surface area contributed by atoms with E-state index in [4.69, 9.17) is 10.2 Å². The Morgan fingerprint density at radius 1 is 1.28 bits per heavy atom. The third kappa shape index (κ3) is 3.59. The minimum Gasteiger partial charge on any atom is -0.464 e. The second-order valence-electron chi connectivity index (χ2n) is 4.88. The van der Waals surface area contributed by atoms with Crippen molar-refractivity contribution in [3.8, 4) is 0 Å². The van der Waals surface area contributed by atoms with Gasteiger partial charge in [-0.05, 0) is 50.9 Å². The molecule has 1 unspecified atom stereocenters. The predicted molar refractivity (Wildman–Crippen MR) is 75.7 cm³/mol. The van der Waals surface area contributed by atoms with Gasteiger partial charge in [0.1, 0.15) is 5.58 Å². The van der Waals surface area contributed by atoms with Crippen molar-refractivity contribution in [1.29, 1.82) is 0 Å². The standard InChI is InChI=1S/C15H22N2O/c1-12(16)5-4-9-17-10-8-13-11-18-15-7-3-2-6-14(13)15/h2-3,6-7,11-12,17H,4-5,8-10,16H2,1H3. The number of para-hydroxylation sites is 1. The van der Waals surface area contributed by atoms with Gasteiger partial charge in [0.25, 0.3) is 0 Å². The summed E-state index contributed by atoms with van der Waals surface area (Å²) in [7, 11) is 0. The highest BCUT2D eigenvalue weighted by Crippen LogP contribution is 2.20. The van der Waals surface area contributed by atoms with Crippen LogP contribution in [0.25, 0.3) is 11.0 Å². The van der Waals surface area contributed by atoms with Crippen molar-refractivity contribution < 1.29 is 4.42 Å². The van der Waals surface area contributed by atoms with E-state index in [9.17, 15) is 0 Å². The number of fused-ring (bicyclic) bond motifs is 1. The van der Waals surface area contributed by atoms with Gasteiger partial charge in [0, 0.05) is 11.4 Å². The third-order valence-corrected chi connectivity index (χ3v) is 3.15. The molecule has 2 aromatic rings. The number of nitrogens with one attached hydrogen (secondary N) is 1. The van der Waals surface area contributed by atoms with E-state index in [1.54, 1.807) is 0 Å². The van der Waals surface area contributed by atoms with Crippen LogP contribution >= 0.6 is 0 Å². The largest absolute Gasteiger partial charge is 0.464 e. The van der Waals surface area contributed by atoms with Crippen LogP contribution in [0.5, 0.6) is 0 Å². The van der Waals surface area contributed by atoms with E-state index < -0.39 is 0 Å². The lowest BCUT2D eigenvalue weighted by Gasteiger charge is -2.06. The lowest BCUT2D eigenvalue weighted by Crippen LogP contribution is -2.21. The molecule has 98 valence electrons. The van der Waals surface area contributed by atoms with Crippen molar-refractivity contribution in [1.82, 2.24) is 5.32 Å². The Morgan fingerprint density at radius 2 is 2.11 bits per heavy atom. The number of nitrogens with two attached hydrogens (primary N) is 1. The van der Waals surface area contributed by atoms with Crippen LogP contribution in [0.15, 0.2) is 34.9 Å². The molecule has 0 spiro atoms. The van der Waals surface area contributed by atoms with Crippen LogP contribution in [-0.2, 0) is 6.42 Å². The summed E-state index contributed by atoms with van der Waals surface area (Å²) in [5.74, 6) is 0. The third-order valence-electron chi connectivity index (χ3n) is 3.15. The Bertz CT molecular complexity index is 476. The van der Waals surface area contributed by atoms with Crippen molar-refractivity contribution in [3.63, 3.8) is 0 Å². The Kier molecular flexibility index (Phi) is 4.79. The highest BCUT2D eigenvalue weighted by atomic mass is 16.3. The molecule has 0 aliphatic heterocycles. The van der Waals surface area contributed by atoms with Gasteiger partial charge in [-0.1, -0.05) is 18.2 Å². The molecule has 1 aromatic carbocycles. The summed E-state index contributed by atoms with van der Waals surface area (Å²) in [6.07, 6.45) is 5.11. The maximum Gasteiger partial charge on any atom is 0.134 e. The van der Waals surface area contributed by atoms with E-state index in [0.29, 0.717) is 6.04 Å². The first kappa shape index (κ1) is 13.1. The lowest BCUT2D eigenvalue weighted by atomic mass is 10.1. The quantitative estimate of drug-likeness (QED) is 0.738. The number of hydrogen-bond acceptors (Lipinski definition) is 3. The summed E-state index contributed by atoms with van der Waals surface area (Å²) in [6.45, 7) is 4.08. The summed E-state index contributed by atoms with van der Waals surface area (Å²) in [5, 5.41) is 4.68. The fourth-order valence-corrected chi connectivity index (χ4v) is 2.12. The van der Waals surface area contributed by atoms with Gasteiger partial charge in [0.2, 0.25) is 0 Å². The Balaban J connectivity index is 1.74. The normalized spacial score (nSPS) is 13.0. The topological polar surface area (TPSA) is 51.2 Å². The van der Waals surface area contributed by atoms with Gasteiger partial charge < -0.3 is 15.5 Å². The van der Waals surface area contributed by atoms with Crippen molar-refractivity contribution in [2.24, 2.45) is 5.73 Å². The Labute approximate surface area is 108 Å². The SMILES string of the molecule is CC(N)CCCNCCc1coc2ccccc12. The zero-order valence-electron chi connectivity index (χ0n) is 11.0. The van der Waals surface area contributed by atoms with E-state index in [1.807, 2.05) is 18.4 Å². The summed E-state index contributed by atoms with van der Waals surface area (Å²) < 4.78 is 5.51. The zero-order valence-corrected chi connectivity index (χ0v) is 11.0. The molecule has 3 N–H and O–H groups in total. The van der Waals surface area contributed by atoms with E-state index in [-0.39, 0.29) is 0 Å². The first-order valence-corrected chi connectivity index (χ1v) is 6.69. The Morgan fingerprint density at radius 3 is 2.94 bits per heavy atom. The van der Waals surface area contributed by atoms with Gasteiger partial charge in [-0.15, -0.1) is 0 Å². The fraction of sp³-hybridized carbons (Fsp3) is 0.467. The maximum absolute atomic E-state index is 5.71. The van der Waals surface area contributed by atoms with E-state index in [0.717, 1.165) is 37.9 Å². The van der Waals surface area contributed by atoms with Gasteiger partial charge in [0.05, 0.1) is 6.26 Å². The average molecular weight is 246 g/mol. The molecule has 0 fully saturated rings. The van der Waals surface area contributed by atoms with E-state index >= 15 is 0 Å².